The number of hydrogen-bond donors (Lipinski definition) is 3. The normalized spacial score (nSPS) is 10.6. The molecule has 0 radical (unpaired) electrons. The zero-order chi connectivity index (χ0) is 23.5. The monoisotopic (exact) mass is 447 g/mol. The predicted octanol–water partition coefficient (Wildman–Crippen LogP) is 5.29. The van der Waals surface area contributed by atoms with Crippen LogP contribution >= 0.6 is 0 Å². The Hall–Kier alpha value is -4.53. The van der Waals surface area contributed by atoms with E-state index in [2.05, 4.69) is 15.0 Å². The van der Waals surface area contributed by atoms with Gasteiger partial charge in [-0.15, -0.1) is 15.0 Å². The van der Waals surface area contributed by atoms with Crippen LogP contribution < -0.4 is 14.2 Å². The van der Waals surface area contributed by atoms with Crippen molar-refractivity contribution in [3.63, 3.8) is 0 Å². The van der Waals surface area contributed by atoms with Gasteiger partial charge in [-0.3, -0.25) is 0 Å². The first-order valence-corrected chi connectivity index (χ1v) is 9.95. The van der Waals surface area contributed by atoms with Gasteiger partial charge < -0.3 is 29.5 Å². The highest BCUT2D eigenvalue weighted by molar-refractivity contribution is 5.45. The van der Waals surface area contributed by atoms with E-state index >= 15 is 0 Å². The van der Waals surface area contributed by atoms with Crippen LogP contribution in [-0.2, 0) is 0 Å². The smallest absolute Gasteiger partial charge is 0.331 e. The topological polar surface area (TPSA) is 127 Å². The third kappa shape index (κ3) is 5.21. The highest BCUT2D eigenvalue weighted by atomic mass is 16.5. The highest BCUT2D eigenvalue weighted by Crippen LogP contribution is 2.35. The van der Waals surface area contributed by atoms with Gasteiger partial charge in [-0.25, -0.2) is 0 Å². The van der Waals surface area contributed by atoms with Crippen molar-refractivity contribution in [3.8, 4) is 52.5 Å². The second-order valence-corrected chi connectivity index (χ2v) is 7.40. The van der Waals surface area contributed by atoms with Crippen molar-refractivity contribution in [2.75, 3.05) is 0 Å². The molecule has 0 fully saturated rings. The molecule has 9 heteroatoms. The zero-order valence-electron chi connectivity index (χ0n) is 18.1. The standard InChI is InChI=1S/C24H21N3O6/c1-13-4-7-19(16(28)10-13)31-22-25-23(32-20-8-5-14(2)11-17(20)29)27-24(26-22)33-21-9-6-15(3)12-18(21)30/h4-12,28-30H,1-3H3. The van der Waals surface area contributed by atoms with Crippen LogP contribution in [0.1, 0.15) is 16.7 Å². The Balaban J connectivity index is 1.71. The minimum absolute atomic E-state index is 0.104. The average Bonchev–Trinajstić information content (AvgIpc) is 2.74. The number of aromatic nitrogens is 3. The van der Waals surface area contributed by atoms with E-state index in [1.54, 1.807) is 36.4 Å². The summed E-state index contributed by atoms with van der Waals surface area (Å²) in [6, 6.07) is 13.8. The third-order valence-electron chi connectivity index (χ3n) is 4.52. The van der Waals surface area contributed by atoms with E-state index in [4.69, 9.17) is 14.2 Å². The molecule has 0 unspecified atom stereocenters. The number of aryl methyl sites for hydroxylation is 3. The van der Waals surface area contributed by atoms with Gasteiger partial charge in [-0.1, -0.05) is 18.2 Å². The van der Waals surface area contributed by atoms with E-state index in [0.717, 1.165) is 16.7 Å². The van der Waals surface area contributed by atoms with Crippen LogP contribution in [0.15, 0.2) is 54.6 Å². The van der Waals surface area contributed by atoms with Gasteiger partial charge in [-0.2, -0.15) is 0 Å². The molecule has 3 N–H and O–H groups in total. The largest absolute Gasteiger partial charge is 0.504 e. The lowest BCUT2D eigenvalue weighted by Crippen LogP contribution is -2.01. The van der Waals surface area contributed by atoms with Crippen molar-refractivity contribution >= 4 is 0 Å². The van der Waals surface area contributed by atoms with E-state index in [0.29, 0.717) is 0 Å². The van der Waals surface area contributed by atoms with Crippen molar-refractivity contribution < 1.29 is 29.5 Å². The van der Waals surface area contributed by atoms with Crippen LogP contribution in [0.5, 0.6) is 52.5 Å². The highest BCUT2D eigenvalue weighted by Gasteiger charge is 2.16. The summed E-state index contributed by atoms with van der Waals surface area (Å²) in [6.07, 6.45) is 0. The Kier molecular flexibility index (Phi) is 5.86. The Labute approximate surface area is 189 Å². The molecule has 0 bridgehead atoms. The molecule has 0 aliphatic rings. The SMILES string of the molecule is Cc1ccc(Oc2nc(Oc3ccc(C)cc3O)nc(Oc3ccc(C)cc3O)n2)c(O)c1. The fraction of sp³-hybridized carbons (Fsp3) is 0.125. The molecular formula is C24H21N3O6. The van der Waals surface area contributed by atoms with Crippen molar-refractivity contribution in [2.24, 2.45) is 0 Å². The molecular weight excluding hydrogens is 426 g/mol. The summed E-state index contributed by atoms with van der Waals surface area (Å²) in [4.78, 5) is 12.3. The third-order valence-corrected chi connectivity index (χ3v) is 4.52. The Morgan fingerprint density at radius 3 is 1.00 bits per heavy atom. The van der Waals surface area contributed by atoms with Gasteiger partial charge >= 0.3 is 18.0 Å². The Morgan fingerprint density at radius 1 is 0.485 bits per heavy atom. The van der Waals surface area contributed by atoms with Gasteiger partial charge in [0.1, 0.15) is 0 Å². The molecule has 4 aromatic rings. The first-order valence-electron chi connectivity index (χ1n) is 9.95. The molecule has 0 aliphatic carbocycles. The maximum Gasteiger partial charge on any atom is 0.331 e. The summed E-state index contributed by atoms with van der Waals surface area (Å²) < 4.78 is 16.9. The molecule has 9 nitrogen and oxygen atoms in total. The van der Waals surface area contributed by atoms with Crippen molar-refractivity contribution in [1.29, 1.82) is 0 Å². The van der Waals surface area contributed by atoms with Crippen molar-refractivity contribution in [2.45, 2.75) is 20.8 Å². The van der Waals surface area contributed by atoms with Crippen LogP contribution in [0.2, 0.25) is 0 Å². The van der Waals surface area contributed by atoms with Crippen LogP contribution in [0.25, 0.3) is 0 Å². The maximum atomic E-state index is 10.2. The Bertz CT molecular complexity index is 1150. The summed E-state index contributed by atoms with van der Waals surface area (Å²) in [5, 5.41) is 30.5. The van der Waals surface area contributed by atoms with Gasteiger partial charge in [0.05, 0.1) is 0 Å². The van der Waals surface area contributed by atoms with E-state index in [1.807, 2.05) is 20.8 Å². The average molecular weight is 447 g/mol. The molecule has 0 saturated heterocycles. The fourth-order valence-electron chi connectivity index (χ4n) is 2.89. The first kappa shape index (κ1) is 21.7. The van der Waals surface area contributed by atoms with E-state index in [-0.39, 0.29) is 52.5 Å². The molecule has 0 amide bonds. The van der Waals surface area contributed by atoms with Gasteiger partial charge in [-0.05, 0) is 73.9 Å². The minimum atomic E-state index is -0.229. The van der Waals surface area contributed by atoms with Crippen LogP contribution in [0.4, 0.5) is 0 Å². The lowest BCUT2D eigenvalue weighted by atomic mass is 10.2. The fourth-order valence-corrected chi connectivity index (χ4v) is 2.89. The zero-order valence-corrected chi connectivity index (χ0v) is 18.1. The number of ether oxygens (including phenoxy) is 3. The molecule has 168 valence electrons. The Morgan fingerprint density at radius 2 is 0.758 bits per heavy atom. The lowest BCUT2D eigenvalue weighted by Gasteiger charge is -2.12. The van der Waals surface area contributed by atoms with E-state index in [1.165, 1.54) is 18.2 Å². The van der Waals surface area contributed by atoms with E-state index in [9.17, 15) is 15.3 Å². The van der Waals surface area contributed by atoms with Gasteiger partial charge in [0, 0.05) is 0 Å². The van der Waals surface area contributed by atoms with Gasteiger partial charge in [0.15, 0.2) is 34.5 Å². The molecule has 0 saturated carbocycles. The number of nitrogens with zero attached hydrogens (tertiary/aromatic N) is 3. The summed E-state index contributed by atoms with van der Waals surface area (Å²) in [5.74, 6) is 0.0216. The number of aromatic hydroxyl groups is 3. The number of benzene rings is 3. The quantitative estimate of drug-likeness (QED) is 0.361. The van der Waals surface area contributed by atoms with Crippen LogP contribution in [0, 0.1) is 20.8 Å². The molecule has 1 heterocycles. The molecule has 0 aliphatic heterocycles. The summed E-state index contributed by atoms with van der Waals surface area (Å²) in [7, 11) is 0. The number of phenols is 3. The summed E-state index contributed by atoms with van der Waals surface area (Å²) >= 11 is 0. The van der Waals surface area contributed by atoms with Gasteiger partial charge in [0.25, 0.3) is 0 Å². The minimum Gasteiger partial charge on any atom is -0.504 e. The first-order chi connectivity index (χ1) is 15.8. The summed E-state index contributed by atoms with van der Waals surface area (Å²) in [6.45, 7) is 5.48. The lowest BCUT2D eigenvalue weighted by molar-refractivity contribution is 0.337. The van der Waals surface area contributed by atoms with Gasteiger partial charge in [0.2, 0.25) is 0 Å². The molecule has 3 aromatic carbocycles. The molecule has 1 aromatic heterocycles. The second kappa shape index (κ2) is 8.91. The second-order valence-electron chi connectivity index (χ2n) is 7.40. The van der Waals surface area contributed by atoms with Crippen molar-refractivity contribution in [1.82, 2.24) is 15.0 Å². The molecule has 4 rings (SSSR count). The number of phenolic OH excluding ortho intramolecular Hbond substituents is 3. The summed E-state index contributed by atoms with van der Waals surface area (Å²) in [5.41, 5.74) is 2.52. The molecule has 33 heavy (non-hydrogen) atoms. The number of rotatable bonds is 6. The maximum absolute atomic E-state index is 10.2. The van der Waals surface area contributed by atoms with Crippen LogP contribution in [0.3, 0.4) is 0 Å². The predicted molar refractivity (Wildman–Crippen MR) is 119 cm³/mol. The molecule has 0 atom stereocenters. The molecule has 0 spiro atoms. The van der Waals surface area contributed by atoms with Crippen LogP contribution in [-0.4, -0.2) is 30.3 Å². The van der Waals surface area contributed by atoms with Crippen molar-refractivity contribution in [3.05, 3.63) is 71.3 Å². The number of hydrogen-bond acceptors (Lipinski definition) is 9. The van der Waals surface area contributed by atoms with E-state index < -0.39 is 0 Å².